The highest BCUT2D eigenvalue weighted by Crippen LogP contribution is 2.32. The fraction of sp³-hybridized carbons (Fsp3) is 0.533. The molecule has 2 amide bonds. The molecule has 1 fully saturated rings. The molecule has 3 rings (SSSR count). The molecule has 1 aliphatic heterocycles. The first kappa shape index (κ1) is 35.2. The van der Waals surface area contributed by atoms with Crippen LogP contribution in [0.5, 0.6) is 0 Å². The van der Waals surface area contributed by atoms with Crippen LogP contribution in [0.15, 0.2) is 47.4 Å². The minimum Gasteiger partial charge on any atom is -0.346 e. The first-order valence-corrected chi connectivity index (χ1v) is 16.9. The molecule has 1 saturated heterocycles. The zero-order chi connectivity index (χ0) is 31.4. The van der Waals surface area contributed by atoms with Crippen molar-refractivity contribution in [3.05, 3.63) is 63.6 Å². The summed E-state index contributed by atoms with van der Waals surface area (Å²) in [6.07, 6.45) is 1.95. The average Bonchev–Trinajstić information content (AvgIpc) is 2.99. The number of piperazine rings is 1. The van der Waals surface area contributed by atoms with Gasteiger partial charge < -0.3 is 20.9 Å². The average molecular weight is 656 g/mol. The third kappa shape index (κ3) is 10.7. The van der Waals surface area contributed by atoms with Gasteiger partial charge in [0.15, 0.2) is 0 Å². The monoisotopic (exact) mass is 654 g/mol. The maximum atomic E-state index is 13.7. The zero-order valence-electron chi connectivity index (χ0n) is 25.1. The molecule has 13 heteroatoms. The highest BCUT2D eigenvalue weighted by molar-refractivity contribution is 7.89. The number of benzene rings is 2. The summed E-state index contributed by atoms with van der Waals surface area (Å²) in [5.41, 5.74) is 7.02. The molecule has 0 saturated carbocycles. The van der Waals surface area contributed by atoms with Crippen molar-refractivity contribution >= 4 is 45.0 Å². The third-order valence-corrected chi connectivity index (χ3v) is 10.6. The van der Waals surface area contributed by atoms with Crippen LogP contribution in [0.1, 0.15) is 24.0 Å². The minimum atomic E-state index is -4.17. The van der Waals surface area contributed by atoms with Crippen LogP contribution in [-0.2, 0) is 26.0 Å². The quantitative estimate of drug-likeness (QED) is 0.267. The number of carbonyl (C=O) groups excluding carboxylic acids is 2. The smallest absolute Gasteiger partial charge is 0.245 e. The summed E-state index contributed by atoms with van der Waals surface area (Å²) in [5, 5.41) is 3.01. The number of nitrogens with zero attached hydrogens (tertiary/aromatic N) is 4. The van der Waals surface area contributed by atoms with Gasteiger partial charge in [-0.25, -0.2) is 8.42 Å². The molecule has 0 aromatic heterocycles. The first-order valence-electron chi connectivity index (χ1n) is 14.7. The van der Waals surface area contributed by atoms with Crippen LogP contribution in [0.4, 0.5) is 0 Å². The minimum absolute atomic E-state index is 0.0151. The maximum Gasteiger partial charge on any atom is 0.245 e. The van der Waals surface area contributed by atoms with Crippen molar-refractivity contribution in [1.29, 1.82) is 0 Å². The molecule has 1 heterocycles. The molecule has 3 N–H and O–H groups in total. The van der Waals surface area contributed by atoms with E-state index in [1.165, 1.54) is 12.1 Å². The number of nitrogens with one attached hydrogen (secondary N) is 1. The van der Waals surface area contributed by atoms with Gasteiger partial charge in [-0.1, -0.05) is 53.5 Å². The van der Waals surface area contributed by atoms with E-state index < -0.39 is 22.5 Å². The fourth-order valence-electron chi connectivity index (χ4n) is 4.80. The molecule has 0 aliphatic carbocycles. The Hall–Kier alpha value is -2.25. The Kier molecular flexibility index (Phi) is 14.2. The van der Waals surface area contributed by atoms with Crippen LogP contribution in [0.3, 0.4) is 0 Å². The number of likely N-dealkylation sites (N-methyl/N-ethyl adjacent to an activating group) is 1. The largest absolute Gasteiger partial charge is 0.346 e. The Morgan fingerprint density at radius 2 is 1.67 bits per heavy atom. The van der Waals surface area contributed by atoms with Crippen molar-refractivity contribution in [3.63, 3.8) is 0 Å². The van der Waals surface area contributed by atoms with Crippen molar-refractivity contribution in [2.24, 2.45) is 5.73 Å². The molecule has 0 atom stereocenters. The summed E-state index contributed by atoms with van der Waals surface area (Å²) in [7, 11) is -2.07. The summed E-state index contributed by atoms with van der Waals surface area (Å²) in [4.78, 5) is 32.5. The van der Waals surface area contributed by atoms with E-state index >= 15 is 0 Å². The van der Waals surface area contributed by atoms with E-state index in [2.05, 4.69) is 22.2 Å². The van der Waals surface area contributed by atoms with Crippen molar-refractivity contribution in [2.75, 3.05) is 79.0 Å². The summed E-state index contributed by atoms with van der Waals surface area (Å²) in [5.74, 6) is -0.790. The zero-order valence-corrected chi connectivity index (χ0v) is 27.4. The number of nitrogens with two attached hydrogens (primary N) is 1. The van der Waals surface area contributed by atoms with Crippen molar-refractivity contribution in [2.45, 2.75) is 31.1 Å². The Bertz CT molecular complexity index is 1310. The number of sulfonamides is 1. The van der Waals surface area contributed by atoms with Gasteiger partial charge in [-0.2, -0.15) is 4.31 Å². The predicted molar refractivity (Wildman–Crippen MR) is 172 cm³/mol. The van der Waals surface area contributed by atoms with Gasteiger partial charge in [-0.05, 0) is 63.0 Å². The summed E-state index contributed by atoms with van der Waals surface area (Å²) in [6.45, 7) is 7.26. The van der Waals surface area contributed by atoms with Crippen LogP contribution < -0.4 is 11.1 Å². The second-order valence-corrected chi connectivity index (χ2v) is 13.5. The van der Waals surface area contributed by atoms with Crippen LogP contribution in [0, 0.1) is 6.92 Å². The lowest BCUT2D eigenvalue weighted by molar-refractivity contribution is -0.133. The van der Waals surface area contributed by atoms with E-state index in [0.29, 0.717) is 36.6 Å². The van der Waals surface area contributed by atoms with Crippen molar-refractivity contribution in [1.82, 2.24) is 24.3 Å². The van der Waals surface area contributed by atoms with Crippen molar-refractivity contribution < 1.29 is 18.0 Å². The van der Waals surface area contributed by atoms with Crippen LogP contribution in [0.25, 0.3) is 0 Å². The van der Waals surface area contributed by atoms with Gasteiger partial charge in [0.05, 0.1) is 18.1 Å². The molecule has 0 radical (unpaired) electrons. The molecule has 0 bridgehead atoms. The van der Waals surface area contributed by atoms with Gasteiger partial charge in [0.1, 0.15) is 4.90 Å². The summed E-state index contributed by atoms with van der Waals surface area (Å²) >= 11 is 12.6. The van der Waals surface area contributed by atoms with E-state index in [9.17, 15) is 18.0 Å². The van der Waals surface area contributed by atoms with Crippen molar-refractivity contribution in [3.8, 4) is 0 Å². The van der Waals surface area contributed by atoms with Crippen LogP contribution >= 0.6 is 23.2 Å². The molecule has 43 heavy (non-hydrogen) atoms. The van der Waals surface area contributed by atoms with E-state index in [0.717, 1.165) is 55.4 Å². The topological polar surface area (TPSA) is 119 Å². The highest BCUT2D eigenvalue weighted by Gasteiger charge is 2.30. The number of unbranched alkanes of at least 4 members (excludes halogenated alkanes) is 1. The molecule has 0 unspecified atom stereocenters. The summed E-state index contributed by atoms with van der Waals surface area (Å²) in [6, 6.07) is 12.2. The normalized spacial score (nSPS) is 14.7. The third-order valence-electron chi connectivity index (χ3n) is 7.67. The Morgan fingerprint density at radius 1 is 0.977 bits per heavy atom. The van der Waals surface area contributed by atoms with Gasteiger partial charge in [-0.15, -0.1) is 0 Å². The molecule has 2 aromatic carbocycles. The number of rotatable bonds is 16. The fourth-order valence-corrected chi connectivity index (χ4v) is 6.98. The standard InChI is InChI=1S/C30H44Cl2N6O4S/c1-24-26(31)10-11-27(30(24)32)43(41,42)38(15-12-25-8-4-3-5-9-25)23-28(39)34-22-29(40)37(14-7-6-13-33)21-20-36-18-16-35(2)17-19-36/h3-5,8-11H,6-7,12-23,33H2,1-2H3,(H,34,39). The Balaban J connectivity index is 1.67. The number of amides is 2. The lowest BCUT2D eigenvalue weighted by Gasteiger charge is -2.34. The van der Waals surface area contributed by atoms with E-state index in [4.69, 9.17) is 28.9 Å². The predicted octanol–water partition coefficient (Wildman–Crippen LogP) is 2.47. The molecule has 238 valence electrons. The number of carbonyl (C=O) groups is 2. The SMILES string of the molecule is Cc1c(Cl)ccc(S(=O)(=O)N(CCc2ccccc2)CC(=O)NCC(=O)N(CCCCN)CCN2CCN(C)CC2)c1Cl. The summed E-state index contributed by atoms with van der Waals surface area (Å²) < 4.78 is 28.6. The van der Waals surface area contributed by atoms with Crippen LogP contribution in [0.2, 0.25) is 10.0 Å². The Labute approximate surface area is 266 Å². The second kappa shape index (κ2) is 17.3. The molecule has 0 spiro atoms. The number of halogens is 2. The highest BCUT2D eigenvalue weighted by atomic mass is 35.5. The van der Waals surface area contributed by atoms with Gasteiger partial charge in [0.25, 0.3) is 0 Å². The van der Waals surface area contributed by atoms with Gasteiger partial charge in [0.2, 0.25) is 21.8 Å². The maximum absolute atomic E-state index is 13.7. The van der Waals surface area contributed by atoms with Gasteiger partial charge >= 0.3 is 0 Å². The molecule has 2 aromatic rings. The molecule has 10 nitrogen and oxygen atoms in total. The van der Waals surface area contributed by atoms with Gasteiger partial charge in [-0.3, -0.25) is 14.5 Å². The second-order valence-electron chi connectivity index (χ2n) is 10.9. The molecular formula is C30H44Cl2N6O4S. The first-order chi connectivity index (χ1) is 20.5. The van der Waals surface area contributed by atoms with E-state index in [-0.39, 0.29) is 28.9 Å². The molecule has 1 aliphatic rings. The number of hydrogen-bond acceptors (Lipinski definition) is 7. The lowest BCUT2D eigenvalue weighted by atomic mass is 10.1. The van der Waals surface area contributed by atoms with E-state index in [1.54, 1.807) is 11.8 Å². The lowest BCUT2D eigenvalue weighted by Crippen LogP contribution is -2.49. The van der Waals surface area contributed by atoms with Crippen LogP contribution in [-0.4, -0.2) is 118 Å². The Morgan fingerprint density at radius 3 is 2.35 bits per heavy atom. The van der Waals surface area contributed by atoms with E-state index in [1.807, 2.05) is 30.3 Å². The molecular weight excluding hydrogens is 611 g/mol. The van der Waals surface area contributed by atoms with Gasteiger partial charge in [0, 0.05) is 57.4 Å². The number of hydrogen-bond donors (Lipinski definition) is 2.